The Morgan fingerprint density at radius 3 is 3.04 bits per heavy atom. The molecule has 1 aromatic heterocycles. The fourth-order valence-electron chi connectivity index (χ4n) is 2.73. The van der Waals surface area contributed by atoms with Crippen LogP contribution in [0.15, 0.2) is 35.7 Å². The fraction of sp³-hybridized carbons (Fsp3) is 0.400. The summed E-state index contributed by atoms with van der Waals surface area (Å²) < 4.78 is 11.1. The van der Waals surface area contributed by atoms with Crippen molar-refractivity contribution in [2.24, 2.45) is 0 Å². The Hall–Kier alpha value is -2.22. The van der Waals surface area contributed by atoms with E-state index in [1.165, 1.54) is 0 Å². The smallest absolute Gasteiger partial charge is 0.244 e. The third-order valence-electron chi connectivity index (χ3n) is 4.17. The largest absolute Gasteiger partial charge is 0.487 e. The molecule has 6 nitrogen and oxygen atoms in total. The molecule has 0 radical (unpaired) electrons. The van der Waals surface area contributed by atoms with Crippen molar-refractivity contribution in [1.82, 2.24) is 15.2 Å². The van der Waals surface area contributed by atoms with E-state index < -0.39 is 0 Å². The second kappa shape index (κ2) is 10.2. The van der Waals surface area contributed by atoms with Crippen LogP contribution in [0.4, 0.5) is 0 Å². The first-order valence-corrected chi connectivity index (χ1v) is 9.97. The van der Waals surface area contributed by atoms with Gasteiger partial charge >= 0.3 is 0 Å². The van der Waals surface area contributed by atoms with Crippen molar-refractivity contribution < 1.29 is 14.3 Å². The van der Waals surface area contributed by atoms with E-state index in [1.807, 2.05) is 36.6 Å². The Labute approximate surface area is 163 Å². The van der Waals surface area contributed by atoms with E-state index in [-0.39, 0.29) is 5.91 Å². The highest BCUT2D eigenvalue weighted by molar-refractivity contribution is 7.09. The van der Waals surface area contributed by atoms with Gasteiger partial charge in [0.2, 0.25) is 5.91 Å². The summed E-state index contributed by atoms with van der Waals surface area (Å²) in [7, 11) is 0. The molecule has 1 N–H and O–H groups in total. The zero-order valence-electron chi connectivity index (χ0n) is 15.5. The summed E-state index contributed by atoms with van der Waals surface area (Å²) in [5, 5.41) is 5.95. The number of amides is 1. The predicted molar refractivity (Wildman–Crippen MR) is 107 cm³/mol. The number of aromatic nitrogens is 1. The maximum absolute atomic E-state index is 12.0. The number of carbonyl (C=O) groups is 1. The van der Waals surface area contributed by atoms with Gasteiger partial charge in [0.25, 0.3) is 0 Å². The van der Waals surface area contributed by atoms with Crippen LogP contribution in [0.2, 0.25) is 0 Å². The second-order valence-corrected chi connectivity index (χ2v) is 7.36. The topological polar surface area (TPSA) is 63.7 Å². The molecule has 0 atom stereocenters. The number of rotatable bonds is 8. The molecule has 0 aliphatic carbocycles. The number of thiazole rings is 1. The number of nitrogens with zero attached hydrogens (tertiary/aromatic N) is 2. The van der Waals surface area contributed by atoms with Gasteiger partial charge in [0.15, 0.2) is 0 Å². The minimum Gasteiger partial charge on any atom is -0.487 e. The maximum Gasteiger partial charge on any atom is 0.244 e. The number of morpholine rings is 1. The van der Waals surface area contributed by atoms with E-state index >= 15 is 0 Å². The number of ether oxygens (including phenoxy) is 2. The zero-order chi connectivity index (χ0) is 18.9. The Bertz CT molecular complexity index is 769. The molecule has 0 bridgehead atoms. The minimum atomic E-state index is -0.0903. The summed E-state index contributed by atoms with van der Waals surface area (Å²) in [6, 6.07) is 7.67. The van der Waals surface area contributed by atoms with E-state index in [2.05, 4.69) is 15.2 Å². The molecule has 7 heteroatoms. The lowest BCUT2D eigenvalue weighted by Gasteiger charge is -2.26. The van der Waals surface area contributed by atoms with Gasteiger partial charge in [-0.1, -0.05) is 12.1 Å². The molecule has 27 heavy (non-hydrogen) atoms. The quantitative estimate of drug-likeness (QED) is 0.705. The highest BCUT2D eigenvalue weighted by atomic mass is 32.1. The van der Waals surface area contributed by atoms with Crippen molar-refractivity contribution in [2.75, 3.05) is 39.4 Å². The van der Waals surface area contributed by atoms with Crippen LogP contribution >= 0.6 is 11.3 Å². The van der Waals surface area contributed by atoms with E-state index in [1.54, 1.807) is 23.5 Å². The van der Waals surface area contributed by atoms with Gasteiger partial charge in [-0.15, -0.1) is 11.3 Å². The molecule has 2 heterocycles. The van der Waals surface area contributed by atoms with Crippen LogP contribution in [0.3, 0.4) is 0 Å². The third-order valence-corrected chi connectivity index (χ3v) is 4.99. The standard InChI is InChI=1S/C20H25N3O3S/c1-16-22-18(15-27-16)14-26-19-4-2-3-17(13-19)5-6-20(24)21-7-8-23-9-11-25-12-10-23/h2-6,13,15H,7-12,14H2,1H3,(H,21,24)/b6-5+. The molecule has 0 unspecified atom stereocenters. The maximum atomic E-state index is 12.0. The van der Waals surface area contributed by atoms with Crippen molar-refractivity contribution in [3.05, 3.63) is 52.0 Å². The van der Waals surface area contributed by atoms with E-state index in [0.717, 1.165) is 54.9 Å². The SMILES string of the molecule is Cc1nc(COc2cccc(/C=C/C(=O)NCCN3CCOCC3)c2)cs1. The van der Waals surface area contributed by atoms with E-state index in [4.69, 9.17) is 9.47 Å². The van der Waals surface area contributed by atoms with E-state index in [9.17, 15) is 4.79 Å². The highest BCUT2D eigenvalue weighted by Crippen LogP contribution is 2.17. The Morgan fingerprint density at radius 1 is 1.41 bits per heavy atom. The van der Waals surface area contributed by atoms with Gasteiger partial charge in [0.05, 0.1) is 23.9 Å². The molecule has 3 rings (SSSR count). The van der Waals surface area contributed by atoms with Gasteiger partial charge in [-0.25, -0.2) is 4.98 Å². The first kappa shape index (κ1) is 19.5. The Balaban J connectivity index is 1.42. The second-order valence-electron chi connectivity index (χ2n) is 6.30. The van der Waals surface area contributed by atoms with Crippen molar-refractivity contribution in [1.29, 1.82) is 0 Å². The highest BCUT2D eigenvalue weighted by Gasteiger charge is 2.09. The summed E-state index contributed by atoms with van der Waals surface area (Å²) in [6.45, 7) is 7.31. The summed E-state index contributed by atoms with van der Waals surface area (Å²) in [5.41, 5.74) is 1.85. The Morgan fingerprint density at radius 2 is 2.26 bits per heavy atom. The summed E-state index contributed by atoms with van der Waals surface area (Å²) in [5.74, 6) is 0.669. The predicted octanol–water partition coefficient (Wildman–Crippen LogP) is 2.49. The molecular weight excluding hydrogens is 362 g/mol. The molecule has 0 spiro atoms. The average molecular weight is 388 g/mol. The average Bonchev–Trinajstić information content (AvgIpc) is 3.11. The zero-order valence-corrected chi connectivity index (χ0v) is 16.3. The van der Waals surface area contributed by atoms with Crippen LogP contribution in [0, 0.1) is 6.92 Å². The minimum absolute atomic E-state index is 0.0903. The fourth-order valence-corrected chi connectivity index (χ4v) is 3.33. The van der Waals surface area contributed by atoms with Crippen LogP contribution in [-0.2, 0) is 16.1 Å². The van der Waals surface area contributed by atoms with Crippen LogP contribution in [0.5, 0.6) is 5.75 Å². The van der Waals surface area contributed by atoms with Crippen molar-refractivity contribution in [3.63, 3.8) is 0 Å². The van der Waals surface area contributed by atoms with Crippen LogP contribution in [0.1, 0.15) is 16.3 Å². The number of nitrogens with one attached hydrogen (secondary N) is 1. The van der Waals surface area contributed by atoms with Gasteiger partial charge < -0.3 is 14.8 Å². The summed E-state index contributed by atoms with van der Waals surface area (Å²) in [6.07, 6.45) is 3.35. The number of hydrogen-bond acceptors (Lipinski definition) is 6. The number of aryl methyl sites for hydroxylation is 1. The summed E-state index contributed by atoms with van der Waals surface area (Å²) >= 11 is 1.61. The number of benzene rings is 1. The van der Waals surface area contributed by atoms with Gasteiger partial charge in [0.1, 0.15) is 12.4 Å². The van der Waals surface area contributed by atoms with Crippen LogP contribution < -0.4 is 10.1 Å². The molecule has 1 fully saturated rings. The number of carbonyl (C=O) groups excluding carboxylic acids is 1. The molecule has 144 valence electrons. The van der Waals surface area contributed by atoms with E-state index in [0.29, 0.717) is 13.2 Å². The van der Waals surface area contributed by atoms with Crippen LogP contribution in [-0.4, -0.2) is 55.2 Å². The Kier molecular flexibility index (Phi) is 7.38. The normalized spacial score (nSPS) is 15.1. The van der Waals surface area contributed by atoms with Gasteiger partial charge in [-0.2, -0.15) is 0 Å². The molecule has 1 aromatic carbocycles. The van der Waals surface area contributed by atoms with Crippen molar-refractivity contribution in [2.45, 2.75) is 13.5 Å². The summed E-state index contributed by atoms with van der Waals surface area (Å²) in [4.78, 5) is 18.7. The first-order valence-electron chi connectivity index (χ1n) is 9.09. The molecule has 1 aliphatic rings. The van der Waals surface area contributed by atoms with Crippen molar-refractivity contribution >= 4 is 23.3 Å². The molecule has 0 saturated carbocycles. The van der Waals surface area contributed by atoms with Crippen molar-refractivity contribution in [3.8, 4) is 5.75 Å². The van der Waals surface area contributed by atoms with Gasteiger partial charge in [-0.05, 0) is 30.7 Å². The number of hydrogen-bond donors (Lipinski definition) is 1. The molecule has 1 saturated heterocycles. The first-order chi connectivity index (χ1) is 13.2. The van der Waals surface area contributed by atoms with Crippen LogP contribution in [0.25, 0.3) is 6.08 Å². The lowest BCUT2D eigenvalue weighted by Crippen LogP contribution is -2.41. The third kappa shape index (κ3) is 6.78. The van der Waals surface area contributed by atoms with Gasteiger partial charge in [0, 0.05) is 37.6 Å². The monoisotopic (exact) mass is 387 g/mol. The molecular formula is C20H25N3O3S. The lowest BCUT2D eigenvalue weighted by molar-refractivity contribution is -0.116. The molecule has 1 amide bonds. The molecule has 2 aromatic rings. The lowest BCUT2D eigenvalue weighted by atomic mass is 10.2. The molecule has 1 aliphatic heterocycles. The van der Waals surface area contributed by atoms with Gasteiger partial charge in [-0.3, -0.25) is 9.69 Å².